The molecule has 1 aliphatic rings. The Hall–Kier alpha value is -2.63. The molecule has 0 radical (unpaired) electrons. The quantitative estimate of drug-likeness (QED) is 0.746. The van der Waals surface area contributed by atoms with Gasteiger partial charge in [-0.1, -0.05) is 24.3 Å². The van der Waals surface area contributed by atoms with Crippen LogP contribution in [-0.2, 0) is 28.9 Å². The smallest absolute Gasteiger partial charge is 0.309 e. The summed E-state index contributed by atoms with van der Waals surface area (Å²) in [5.41, 5.74) is 2.86. The van der Waals surface area contributed by atoms with Crippen LogP contribution in [0.3, 0.4) is 0 Å². The zero-order chi connectivity index (χ0) is 18.5. The third-order valence-corrected chi connectivity index (χ3v) is 4.93. The number of esters is 1. The molecule has 1 amide bonds. The molecule has 0 spiro atoms. The number of amides is 1. The summed E-state index contributed by atoms with van der Waals surface area (Å²) in [6, 6.07) is 9.87. The van der Waals surface area contributed by atoms with Crippen LogP contribution < -0.4 is 0 Å². The molecule has 0 bridgehead atoms. The van der Waals surface area contributed by atoms with E-state index < -0.39 is 0 Å². The molecule has 1 aromatic carbocycles. The van der Waals surface area contributed by atoms with Gasteiger partial charge >= 0.3 is 5.97 Å². The molecular formula is C20H25N3O3. The molecule has 1 fully saturated rings. The minimum Gasteiger partial charge on any atom is -0.469 e. The summed E-state index contributed by atoms with van der Waals surface area (Å²) >= 11 is 0. The molecule has 138 valence electrons. The van der Waals surface area contributed by atoms with Gasteiger partial charge in [0.25, 0.3) is 5.91 Å². The van der Waals surface area contributed by atoms with Crippen molar-refractivity contribution in [3.8, 4) is 0 Å². The largest absolute Gasteiger partial charge is 0.469 e. The maximum Gasteiger partial charge on any atom is 0.309 e. The number of hydrogen-bond acceptors (Lipinski definition) is 4. The summed E-state index contributed by atoms with van der Waals surface area (Å²) in [6.07, 6.45) is 3.93. The maximum atomic E-state index is 12.7. The van der Waals surface area contributed by atoms with E-state index in [1.54, 1.807) is 16.9 Å². The van der Waals surface area contributed by atoms with E-state index in [2.05, 4.69) is 17.2 Å². The highest BCUT2D eigenvalue weighted by atomic mass is 16.5. The molecule has 26 heavy (non-hydrogen) atoms. The average molecular weight is 355 g/mol. The van der Waals surface area contributed by atoms with Crippen molar-refractivity contribution >= 4 is 11.9 Å². The SMILES string of the molecule is CCn1nccc1C(=O)N1CCC(Cc2ccc(CC(=O)OC)cc2)C1. The summed E-state index contributed by atoms with van der Waals surface area (Å²) < 4.78 is 6.44. The van der Waals surface area contributed by atoms with Crippen LogP contribution in [0.4, 0.5) is 0 Å². The number of benzene rings is 1. The lowest BCUT2D eigenvalue weighted by atomic mass is 9.97. The van der Waals surface area contributed by atoms with Crippen molar-refractivity contribution < 1.29 is 14.3 Å². The van der Waals surface area contributed by atoms with Crippen molar-refractivity contribution in [1.82, 2.24) is 14.7 Å². The number of likely N-dealkylation sites (tertiary alicyclic amines) is 1. The predicted octanol–water partition coefficient (Wildman–Crippen LogP) is 2.32. The minimum absolute atomic E-state index is 0.0697. The van der Waals surface area contributed by atoms with E-state index >= 15 is 0 Å². The van der Waals surface area contributed by atoms with Gasteiger partial charge in [0.15, 0.2) is 0 Å². The van der Waals surface area contributed by atoms with Crippen molar-refractivity contribution in [2.45, 2.75) is 32.7 Å². The third-order valence-electron chi connectivity index (χ3n) is 4.93. The first-order valence-electron chi connectivity index (χ1n) is 9.06. The molecule has 0 N–H and O–H groups in total. The molecule has 6 nitrogen and oxygen atoms in total. The van der Waals surface area contributed by atoms with Crippen LogP contribution in [0.2, 0.25) is 0 Å². The van der Waals surface area contributed by atoms with Crippen molar-refractivity contribution in [2.75, 3.05) is 20.2 Å². The van der Waals surface area contributed by atoms with Gasteiger partial charge in [-0.05, 0) is 42.9 Å². The molecule has 6 heteroatoms. The zero-order valence-electron chi connectivity index (χ0n) is 15.4. The third kappa shape index (κ3) is 4.12. The van der Waals surface area contributed by atoms with Crippen molar-refractivity contribution in [3.63, 3.8) is 0 Å². The minimum atomic E-state index is -0.228. The monoisotopic (exact) mass is 355 g/mol. The number of aromatic nitrogens is 2. The Balaban J connectivity index is 1.56. The number of rotatable bonds is 6. The van der Waals surface area contributed by atoms with Gasteiger partial charge in [0.2, 0.25) is 0 Å². The lowest BCUT2D eigenvalue weighted by molar-refractivity contribution is -0.139. The van der Waals surface area contributed by atoms with Gasteiger partial charge in [0, 0.05) is 25.8 Å². The fourth-order valence-electron chi connectivity index (χ4n) is 3.48. The van der Waals surface area contributed by atoms with E-state index in [0.717, 1.165) is 31.5 Å². The standard InChI is InChI=1S/C20H25N3O3/c1-3-23-18(8-10-21-23)20(25)22-11-9-17(14-22)12-15-4-6-16(7-5-15)13-19(24)26-2/h4-8,10,17H,3,9,11-14H2,1-2H3. The van der Waals surface area contributed by atoms with Crippen LogP contribution in [0, 0.1) is 5.92 Å². The first kappa shape index (κ1) is 18.2. The molecule has 2 heterocycles. The van der Waals surface area contributed by atoms with E-state index in [1.165, 1.54) is 12.7 Å². The Labute approximate surface area is 153 Å². The number of hydrogen-bond donors (Lipinski definition) is 0. The first-order valence-corrected chi connectivity index (χ1v) is 9.06. The van der Waals surface area contributed by atoms with Crippen LogP contribution in [0.5, 0.6) is 0 Å². The summed E-state index contributed by atoms with van der Waals surface area (Å²) in [7, 11) is 1.40. The Morgan fingerprint density at radius 1 is 1.19 bits per heavy atom. The number of nitrogens with zero attached hydrogens (tertiary/aromatic N) is 3. The van der Waals surface area contributed by atoms with E-state index in [-0.39, 0.29) is 11.9 Å². The van der Waals surface area contributed by atoms with E-state index in [4.69, 9.17) is 4.74 Å². The zero-order valence-corrected chi connectivity index (χ0v) is 15.4. The topological polar surface area (TPSA) is 64.4 Å². The Morgan fingerprint density at radius 2 is 1.92 bits per heavy atom. The summed E-state index contributed by atoms with van der Waals surface area (Å²) in [4.78, 5) is 25.9. The second-order valence-electron chi connectivity index (χ2n) is 6.71. The number of carbonyl (C=O) groups is 2. The molecule has 3 rings (SSSR count). The van der Waals surface area contributed by atoms with Gasteiger partial charge in [0.05, 0.1) is 13.5 Å². The van der Waals surface area contributed by atoms with E-state index in [0.29, 0.717) is 24.6 Å². The highest BCUT2D eigenvalue weighted by molar-refractivity contribution is 5.92. The lowest BCUT2D eigenvalue weighted by Crippen LogP contribution is -2.30. The fourth-order valence-corrected chi connectivity index (χ4v) is 3.48. The Bertz CT molecular complexity index is 767. The normalized spacial score (nSPS) is 16.7. The van der Waals surface area contributed by atoms with Gasteiger partial charge in [-0.15, -0.1) is 0 Å². The second-order valence-corrected chi connectivity index (χ2v) is 6.71. The van der Waals surface area contributed by atoms with Gasteiger partial charge in [0.1, 0.15) is 5.69 Å². The van der Waals surface area contributed by atoms with Crippen LogP contribution >= 0.6 is 0 Å². The number of carbonyl (C=O) groups excluding carboxylic acids is 2. The summed E-state index contributed by atoms with van der Waals surface area (Å²) in [6.45, 7) is 4.25. The van der Waals surface area contributed by atoms with E-state index in [9.17, 15) is 9.59 Å². The van der Waals surface area contributed by atoms with Crippen LogP contribution in [0.25, 0.3) is 0 Å². The van der Waals surface area contributed by atoms with Crippen molar-refractivity contribution in [2.24, 2.45) is 5.92 Å². The lowest BCUT2D eigenvalue weighted by Gasteiger charge is -2.17. The predicted molar refractivity (Wildman–Crippen MR) is 97.8 cm³/mol. The number of aryl methyl sites for hydroxylation is 1. The molecule has 1 aromatic heterocycles. The summed E-state index contributed by atoms with van der Waals surface area (Å²) in [5.74, 6) is 0.303. The molecule has 0 aliphatic carbocycles. The highest BCUT2D eigenvalue weighted by Gasteiger charge is 2.28. The molecule has 1 atom stereocenters. The van der Waals surface area contributed by atoms with Crippen LogP contribution in [0.1, 0.15) is 35.0 Å². The maximum absolute atomic E-state index is 12.7. The Morgan fingerprint density at radius 3 is 2.62 bits per heavy atom. The second kappa shape index (κ2) is 8.17. The number of methoxy groups -OCH3 is 1. The average Bonchev–Trinajstić information content (AvgIpc) is 3.32. The molecular weight excluding hydrogens is 330 g/mol. The number of ether oxygens (including phenoxy) is 1. The molecule has 0 saturated carbocycles. The van der Waals surface area contributed by atoms with Gasteiger partial charge in [-0.3, -0.25) is 14.3 Å². The molecule has 1 aliphatic heterocycles. The molecule has 1 saturated heterocycles. The van der Waals surface area contributed by atoms with Gasteiger partial charge in [-0.2, -0.15) is 5.10 Å². The fraction of sp³-hybridized carbons (Fsp3) is 0.450. The van der Waals surface area contributed by atoms with Crippen molar-refractivity contribution in [1.29, 1.82) is 0 Å². The summed E-state index contributed by atoms with van der Waals surface area (Å²) in [5, 5.41) is 4.18. The van der Waals surface area contributed by atoms with Crippen LogP contribution in [0.15, 0.2) is 36.5 Å². The Kier molecular flexibility index (Phi) is 5.71. The van der Waals surface area contributed by atoms with E-state index in [1.807, 2.05) is 24.0 Å². The highest BCUT2D eigenvalue weighted by Crippen LogP contribution is 2.23. The molecule has 1 unspecified atom stereocenters. The van der Waals surface area contributed by atoms with Crippen molar-refractivity contribution in [3.05, 3.63) is 53.3 Å². The van der Waals surface area contributed by atoms with Gasteiger partial charge in [-0.25, -0.2) is 0 Å². The molecule has 2 aromatic rings. The first-order chi connectivity index (χ1) is 12.6. The van der Waals surface area contributed by atoms with Crippen LogP contribution in [-0.4, -0.2) is 46.8 Å². The van der Waals surface area contributed by atoms with Gasteiger partial charge < -0.3 is 9.64 Å².